The number of carboxylic acid groups (broad SMARTS) is 1. The van der Waals surface area contributed by atoms with Gasteiger partial charge in [0.2, 0.25) is 0 Å². The summed E-state index contributed by atoms with van der Waals surface area (Å²) in [6, 6.07) is 7.47. The van der Waals surface area contributed by atoms with Crippen molar-refractivity contribution in [3.8, 4) is 0 Å². The number of aliphatic carboxylic acids is 1. The third-order valence-corrected chi connectivity index (χ3v) is 3.51. The lowest BCUT2D eigenvalue weighted by Crippen LogP contribution is -2.16. The zero-order valence-electron chi connectivity index (χ0n) is 10.1. The second-order valence-corrected chi connectivity index (χ2v) is 5.31. The van der Waals surface area contributed by atoms with Crippen molar-refractivity contribution >= 4 is 32.8 Å². The van der Waals surface area contributed by atoms with Gasteiger partial charge in [-0.1, -0.05) is 12.1 Å². The van der Waals surface area contributed by atoms with Crippen LogP contribution < -0.4 is 0 Å². The van der Waals surface area contributed by atoms with Crippen LogP contribution >= 0.6 is 15.9 Å². The van der Waals surface area contributed by atoms with Gasteiger partial charge in [-0.15, -0.1) is 0 Å². The summed E-state index contributed by atoms with van der Waals surface area (Å²) in [6.07, 6.45) is -1.51. The van der Waals surface area contributed by atoms with Crippen molar-refractivity contribution in [3.63, 3.8) is 0 Å². The standard InChI is InChI=1S/C13H14BrNO3/c1-7(2)15-10(12(16)13(17)18)6-8-4-3-5-9(14)11(8)15/h3-7,12,16H,1-2H3,(H,17,18). The van der Waals surface area contributed by atoms with Crippen LogP contribution in [0.3, 0.4) is 0 Å². The lowest BCUT2D eigenvalue weighted by Gasteiger charge is -2.17. The van der Waals surface area contributed by atoms with E-state index in [0.717, 1.165) is 15.4 Å². The normalized spacial score (nSPS) is 13.2. The van der Waals surface area contributed by atoms with Crippen molar-refractivity contribution in [3.05, 3.63) is 34.4 Å². The molecule has 18 heavy (non-hydrogen) atoms. The van der Waals surface area contributed by atoms with E-state index in [1.165, 1.54) is 0 Å². The van der Waals surface area contributed by atoms with E-state index in [0.29, 0.717) is 5.69 Å². The molecule has 5 heteroatoms. The molecule has 0 saturated carbocycles. The molecule has 4 nitrogen and oxygen atoms in total. The number of hydrogen-bond donors (Lipinski definition) is 2. The molecular formula is C13H14BrNO3. The quantitative estimate of drug-likeness (QED) is 0.915. The van der Waals surface area contributed by atoms with E-state index in [4.69, 9.17) is 5.11 Å². The Kier molecular flexibility index (Phi) is 3.45. The number of rotatable bonds is 3. The smallest absolute Gasteiger partial charge is 0.338 e. The fraction of sp³-hybridized carbons (Fsp3) is 0.308. The van der Waals surface area contributed by atoms with E-state index >= 15 is 0 Å². The van der Waals surface area contributed by atoms with Crippen LogP contribution in [0.2, 0.25) is 0 Å². The highest BCUT2D eigenvalue weighted by Gasteiger charge is 2.24. The number of benzene rings is 1. The first kappa shape index (κ1) is 13.1. The highest BCUT2D eigenvalue weighted by Crippen LogP contribution is 2.32. The van der Waals surface area contributed by atoms with Crippen LogP contribution in [0.15, 0.2) is 28.7 Å². The summed E-state index contributed by atoms with van der Waals surface area (Å²) in [5.74, 6) is -1.24. The molecular weight excluding hydrogens is 298 g/mol. The molecule has 1 aromatic heterocycles. The maximum atomic E-state index is 11.0. The average Bonchev–Trinajstić information content (AvgIpc) is 2.68. The molecule has 1 heterocycles. The first-order valence-corrected chi connectivity index (χ1v) is 6.43. The molecule has 1 atom stereocenters. The molecule has 1 unspecified atom stereocenters. The zero-order chi connectivity index (χ0) is 13.4. The number of hydrogen-bond acceptors (Lipinski definition) is 2. The molecule has 0 aliphatic rings. The Labute approximate surface area is 113 Å². The Morgan fingerprint density at radius 3 is 2.61 bits per heavy atom. The minimum Gasteiger partial charge on any atom is -0.479 e. The molecule has 96 valence electrons. The first-order valence-electron chi connectivity index (χ1n) is 5.63. The monoisotopic (exact) mass is 311 g/mol. The molecule has 2 rings (SSSR count). The Bertz CT molecular complexity index is 604. The van der Waals surface area contributed by atoms with Gasteiger partial charge in [-0.25, -0.2) is 4.79 Å². The minimum atomic E-state index is -1.51. The van der Waals surface area contributed by atoms with E-state index in [-0.39, 0.29) is 6.04 Å². The van der Waals surface area contributed by atoms with E-state index in [1.54, 1.807) is 6.07 Å². The predicted molar refractivity (Wildman–Crippen MR) is 72.6 cm³/mol. The number of carbonyl (C=O) groups is 1. The van der Waals surface area contributed by atoms with Gasteiger partial charge in [0.05, 0.1) is 11.2 Å². The molecule has 0 bridgehead atoms. The molecule has 0 spiro atoms. The topological polar surface area (TPSA) is 62.5 Å². The van der Waals surface area contributed by atoms with Gasteiger partial charge in [0.1, 0.15) is 0 Å². The third kappa shape index (κ3) is 2.04. The third-order valence-electron chi connectivity index (χ3n) is 2.87. The van der Waals surface area contributed by atoms with E-state index in [2.05, 4.69) is 15.9 Å². The molecule has 0 saturated heterocycles. The van der Waals surface area contributed by atoms with Crippen LogP contribution in [-0.2, 0) is 4.79 Å². The van der Waals surface area contributed by atoms with E-state index < -0.39 is 12.1 Å². The highest BCUT2D eigenvalue weighted by atomic mass is 79.9. The summed E-state index contributed by atoms with van der Waals surface area (Å²) in [6.45, 7) is 3.91. The van der Waals surface area contributed by atoms with Gasteiger partial charge in [-0.2, -0.15) is 0 Å². The van der Waals surface area contributed by atoms with Crippen LogP contribution in [0.1, 0.15) is 31.7 Å². The van der Waals surface area contributed by atoms with Crippen LogP contribution in [0.25, 0.3) is 10.9 Å². The molecule has 0 amide bonds. The van der Waals surface area contributed by atoms with Gasteiger partial charge in [-0.3, -0.25) is 0 Å². The largest absolute Gasteiger partial charge is 0.479 e. The zero-order valence-corrected chi connectivity index (χ0v) is 11.7. The summed E-state index contributed by atoms with van der Waals surface area (Å²) in [4.78, 5) is 11.0. The average molecular weight is 312 g/mol. The van der Waals surface area contributed by atoms with E-state index in [1.807, 2.05) is 36.6 Å². The lowest BCUT2D eigenvalue weighted by molar-refractivity contribution is -0.147. The van der Waals surface area contributed by atoms with Gasteiger partial charge < -0.3 is 14.8 Å². The lowest BCUT2D eigenvalue weighted by atomic mass is 10.2. The Balaban J connectivity index is 2.78. The fourth-order valence-corrected chi connectivity index (χ4v) is 2.73. The Morgan fingerprint density at radius 1 is 1.39 bits per heavy atom. The summed E-state index contributed by atoms with van der Waals surface area (Å²) in [5.41, 5.74) is 1.31. The summed E-state index contributed by atoms with van der Waals surface area (Å²) >= 11 is 3.47. The van der Waals surface area contributed by atoms with Crippen molar-refractivity contribution in [2.45, 2.75) is 26.0 Å². The molecule has 1 aromatic carbocycles. The fourth-order valence-electron chi connectivity index (χ4n) is 2.15. The number of aliphatic hydroxyl groups excluding tert-OH is 1. The van der Waals surface area contributed by atoms with Gasteiger partial charge in [0, 0.05) is 15.9 Å². The summed E-state index contributed by atoms with van der Waals surface area (Å²) in [7, 11) is 0. The van der Waals surface area contributed by atoms with Crippen molar-refractivity contribution < 1.29 is 15.0 Å². The predicted octanol–water partition coefficient (Wildman–Crippen LogP) is 3.10. The van der Waals surface area contributed by atoms with Crippen molar-refractivity contribution in [2.24, 2.45) is 0 Å². The first-order chi connectivity index (χ1) is 8.43. The number of para-hydroxylation sites is 1. The second-order valence-electron chi connectivity index (χ2n) is 4.45. The second kappa shape index (κ2) is 4.74. The van der Waals surface area contributed by atoms with E-state index in [9.17, 15) is 9.90 Å². The number of aromatic nitrogens is 1. The molecule has 2 N–H and O–H groups in total. The maximum absolute atomic E-state index is 11.0. The summed E-state index contributed by atoms with van der Waals surface area (Å²) in [5, 5.41) is 19.7. The Morgan fingerprint density at radius 2 is 2.06 bits per heavy atom. The highest BCUT2D eigenvalue weighted by molar-refractivity contribution is 9.10. The van der Waals surface area contributed by atoms with Crippen LogP contribution in [-0.4, -0.2) is 20.7 Å². The van der Waals surface area contributed by atoms with Crippen LogP contribution in [0.4, 0.5) is 0 Å². The van der Waals surface area contributed by atoms with Gasteiger partial charge >= 0.3 is 5.97 Å². The number of carboxylic acids is 1. The van der Waals surface area contributed by atoms with Crippen molar-refractivity contribution in [1.82, 2.24) is 4.57 Å². The van der Waals surface area contributed by atoms with Gasteiger partial charge in [0.15, 0.2) is 6.10 Å². The Hall–Kier alpha value is -1.33. The molecule has 0 radical (unpaired) electrons. The number of nitrogens with zero attached hydrogens (tertiary/aromatic N) is 1. The minimum absolute atomic E-state index is 0.0604. The van der Waals surface area contributed by atoms with Crippen LogP contribution in [0, 0.1) is 0 Å². The number of halogens is 1. The molecule has 0 fully saturated rings. The van der Waals surface area contributed by atoms with Gasteiger partial charge in [-0.05, 0) is 41.9 Å². The molecule has 0 aliphatic heterocycles. The molecule has 0 aliphatic carbocycles. The SMILES string of the molecule is CC(C)n1c(C(O)C(=O)O)cc2cccc(Br)c21. The van der Waals surface area contributed by atoms with Crippen LogP contribution in [0.5, 0.6) is 0 Å². The number of fused-ring (bicyclic) bond motifs is 1. The van der Waals surface area contributed by atoms with Gasteiger partial charge in [0.25, 0.3) is 0 Å². The van der Waals surface area contributed by atoms with Crippen molar-refractivity contribution in [2.75, 3.05) is 0 Å². The van der Waals surface area contributed by atoms with Crippen molar-refractivity contribution in [1.29, 1.82) is 0 Å². The summed E-state index contributed by atoms with van der Waals surface area (Å²) < 4.78 is 2.73. The molecule has 2 aromatic rings. The number of aliphatic hydroxyl groups is 1. The maximum Gasteiger partial charge on any atom is 0.338 e.